The van der Waals surface area contributed by atoms with Gasteiger partial charge < -0.3 is 4.55 Å². The van der Waals surface area contributed by atoms with E-state index in [4.69, 9.17) is 0 Å². The van der Waals surface area contributed by atoms with Crippen molar-refractivity contribution in [2.45, 2.75) is 69.4 Å². The number of carbonyl (C=O) groups excluding carboxylic acids is 1. The zero-order chi connectivity index (χ0) is 24.4. The van der Waals surface area contributed by atoms with E-state index in [0.717, 1.165) is 53.8 Å². The molecular weight excluding hydrogens is 501 g/mol. The molecule has 1 fully saturated rings. The minimum Gasteiger partial charge on any atom is -0.302 e. The lowest BCUT2D eigenvalue weighted by Crippen LogP contribution is -2.45. The molecule has 1 unspecified atom stereocenters. The van der Waals surface area contributed by atoms with Gasteiger partial charge in [0.25, 0.3) is 5.91 Å². The third-order valence-corrected chi connectivity index (χ3v) is 11.0. The first kappa shape index (κ1) is 24.8. The highest BCUT2D eigenvalue weighted by Crippen LogP contribution is 2.39. The highest BCUT2D eigenvalue weighted by molar-refractivity contribution is 8.00. The number of rotatable bonds is 5. The Hall–Kier alpha value is -1.85. The highest BCUT2D eigenvalue weighted by Gasteiger charge is 2.29. The Labute approximate surface area is 214 Å². The number of fused-ring (bicyclic) bond motifs is 3. The molecule has 1 N–H and O–H groups in total. The smallest absolute Gasteiger partial charge is 0.256 e. The third kappa shape index (κ3) is 5.17. The zero-order valence-corrected chi connectivity index (χ0v) is 22.3. The molecule has 3 heterocycles. The number of thioether (sulfide) groups is 1. The molecule has 186 valence electrons. The van der Waals surface area contributed by atoms with Crippen LogP contribution in [0.1, 0.15) is 55.9 Å². The highest BCUT2D eigenvalue weighted by atomic mass is 32.2. The molecule has 1 amide bonds. The number of aromatic nitrogens is 2. The minimum atomic E-state index is -3.30. The quantitative estimate of drug-likeness (QED) is 0.337. The number of aryl methyl sites for hydroxylation is 2. The van der Waals surface area contributed by atoms with Crippen LogP contribution in [0.2, 0.25) is 0 Å². The molecule has 2 aliphatic carbocycles. The Kier molecular flexibility index (Phi) is 7.55. The first-order chi connectivity index (χ1) is 17.0. The Bertz CT molecular complexity index is 1330. The SMILES string of the molecule is CC[C@@H]1CCCCN1S(=O)(O)=C1C=CC(=NC(=O)CSc2ncnc3sc4c(c23)CCCC4)C=C1. The predicted octanol–water partition coefficient (Wildman–Crippen LogP) is 4.87. The van der Waals surface area contributed by atoms with E-state index in [1.54, 1.807) is 46.3 Å². The Morgan fingerprint density at radius 1 is 1.20 bits per heavy atom. The molecule has 0 saturated carbocycles. The van der Waals surface area contributed by atoms with Gasteiger partial charge in [0.1, 0.15) is 16.2 Å². The summed E-state index contributed by atoms with van der Waals surface area (Å²) in [4.78, 5) is 28.5. The van der Waals surface area contributed by atoms with E-state index in [1.165, 1.54) is 35.0 Å². The summed E-state index contributed by atoms with van der Waals surface area (Å²) in [6.45, 7) is 2.68. The summed E-state index contributed by atoms with van der Waals surface area (Å²) in [5.74, 6) is -0.0771. The van der Waals surface area contributed by atoms with Crippen LogP contribution < -0.4 is 0 Å². The fraction of sp³-hybridized carbons (Fsp3) is 0.480. The molecule has 2 atom stereocenters. The van der Waals surface area contributed by atoms with Crippen molar-refractivity contribution in [2.24, 2.45) is 4.99 Å². The fourth-order valence-corrected chi connectivity index (χ4v) is 8.92. The molecule has 0 aromatic carbocycles. The lowest BCUT2D eigenvalue weighted by molar-refractivity contribution is -0.115. The van der Waals surface area contributed by atoms with Crippen molar-refractivity contribution in [1.29, 1.82) is 0 Å². The van der Waals surface area contributed by atoms with E-state index in [1.807, 2.05) is 0 Å². The average Bonchev–Trinajstić information content (AvgIpc) is 3.27. The van der Waals surface area contributed by atoms with Gasteiger partial charge in [-0.15, -0.1) is 11.3 Å². The molecule has 1 aliphatic heterocycles. The Balaban J connectivity index is 1.28. The van der Waals surface area contributed by atoms with Gasteiger partial charge >= 0.3 is 0 Å². The number of nitrogens with zero attached hydrogens (tertiary/aromatic N) is 4. The van der Waals surface area contributed by atoms with Gasteiger partial charge in [-0.1, -0.05) is 25.1 Å². The van der Waals surface area contributed by atoms with E-state index in [9.17, 15) is 13.6 Å². The standard InChI is InChI=1S/C25H30N4O3S3/c1-2-18-7-5-6-14-29(18)35(31,32)19-12-10-17(11-13-19)28-22(30)15-33-24-23-20-8-3-4-9-21(20)34-25(23)27-16-26-24/h10-13,16,18H,2-9,14-15H2,1H3,(H,31,32)/t18-/m1/s1. The van der Waals surface area contributed by atoms with Crippen LogP contribution in [0, 0.1) is 0 Å². The first-order valence-corrected chi connectivity index (χ1v) is 15.5. The number of piperidine rings is 1. The van der Waals surface area contributed by atoms with Crippen LogP contribution in [0.4, 0.5) is 0 Å². The number of hydrogen-bond acceptors (Lipinski definition) is 6. The lowest BCUT2D eigenvalue weighted by Gasteiger charge is -2.35. The monoisotopic (exact) mass is 530 g/mol. The molecule has 3 aliphatic rings. The van der Waals surface area contributed by atoms with Crippen molar-refractivity contribution in [3.05, 3.63) is 41.1 Å². The molecule has 2 aromatic heterocycles. The van der Waals surface area contributed by atoms with Gasteiger partial charge in [0.2, 0.25) is 0 Å². The molecule has 5 rings (SSSR count). The van der Waals surface area contributed by atoms with Crippen LogP contribution in [-0.2, 0) is 27.6 Å². The van der Waals surface area contributed by atoms with Crippen LogP contribution in [-0.4, -0.2) is 57.9 Å². The van der Waals surface area contributed by atoms with Gasteiger partial charge in [-0.25, -0.2) is 23.5 Å². The maximum absolute atomic E-state index is 13.3. The molecule has 1 saturated heterocycles. The molecule has 7 nitrogen and oxygen atoms in total. The van der Waals surface area contributed by atoms with Crippen molar-refractivity contribution >= 4 is 59.8 Å². The summed E-state index contributed by atoms with van der Waals surface area (Å²) in [6.07, 6.45) is 16.5. The van der Waals surface area contributed by atoms with Crippen molar-refractivity contribution < 1.29 is 13.6 Å². The van der Waals surface area contributed by atoms with Gasteiger partial charge in [-0.05, 0) is 74.8 Å². The summed E-state index contributed by atoms with van der Waals surface area (Å²) >= 11 is 3.15. The Morgan fingerprint density at radius 2 is 2.00 bits per heavy atom. The van der Waals surface area contributed by atoms with Gasteiger partial charge in [-0.3, -0.25) is 4.79 Å². The van der Waals surface area contributed by atoms with Gasteiger partial charge in [0, 0.05) is 22.8 Å². The predicted molar refractivity (Wildman–Crippen MR) is 146 cm³/mol. The maximum atomic E-state index is 13.3. The topological polar surface area (TPSA) is 95.8 Å². The number of aliphatic imine (C=N–C) groups is 1. The molecule has 0 radical (unpaired) electrons. The maximum Gasteiger partial charge on any atom is 0.256 e. The lowest BCUT2D eigenvalue weighted by atomic mass is 9.97. The van der Waals surface area contributed by atoms with Crippen LogP contribution in [0.3, 0.4) is 0 Å². The van der Waals surface area contributed by atoms with E-state index in [0.29, 0.717) is 17.1 Å². The zero-order valence-electron chi connectivity index (χ0n) is 19.8. The molecular formula is C25H30N4O3S3. The van der Waals surface area contributed by atoms with Crippen LogP contribution in [0.25, 0.3) is 10.2 Å². The van der Waals surface area contributed by atoms with Crippen LogP contribution in [0.5, 0.6) is 0 Å². The second-order valence-electron chi connectivity index (χ2n) is 9.05. The summed E-state index contributed by atoms with van der Waals surface area (Å²) in [5.41, 5.74) is 1.84. The third-order valence-electron chi connectivity index (χ3n) is 6.81. The number of allylic oxidation sites excluding steroid dienone is 4. The van der Waals surface area contributed by atoms with E-state index in [-0.39, 0.29) is 17.7 Å². The van der Waals surface area contributed by atoms with Gasteiger partial charge in [0.05, 0.1) is 16.3 Å². The van der Waals surface area contributed by atoms with Crippen LogP contribution >= 0.6 is 23.1 Å². The summed E-state index contributed by atoms with van der Waals surface area (Å²) in [7, 11) is -3.30. The van der Waals surface area contributed by atoms with Crippen molar-refractivity contribution in [3.63, 3.8) is 0 Å². The number of hydrogen-bond donors (Lipinski definition) is 1. The number of amides is 1. The van der Waals surface area contributed by atoms with E-state index < -0.39 is 9.99 Å². The first-order valence-electron chi connectivity index (χ1n) is 12.2. The van der Waals surface area contributed by atoms with Crippen molar-refractivity contribution in [3.8, 4) is 0 Å². The second-order valence-corrected chi connectivity index (χ2v) is 13.0. The molecule has 0 spiro atoms. The summed E-state index contributed by atoms with van der Waals surface area (Å²) < 4.78 is 25.9. The van der Waals surface area contributed by atoms with Gasteiger partial charge in [0.15, 0.2) is 9.99 Å². The minimum absolute atomic E-state index is 0.117. The Morgan fingerprint density at radius 3 is 2.80 bits per heavy atom. The molecule has 10 heteroatoms. The largest absolute Gasteiger partial charge is 0.302 e. The van der Waals surface area contributed by atoms with Crippen molar-refractivity contribution in [2.75, 3.05) is 12.3 Å². The van der Waals surface area contributed by atoms with Gasteiger partial charge in [-0.2, -0.15) is 0 Å². The summed E-state index contributed by atoms with van der Waals surface area (Å²) in [6, 6.07) is 0.117. The van der Waals surface area contributed by atoms with E-state index in [2.05, 4.69) is 21.9 Å². The second kappa shape index (κ2) is 10.6. The number of thiophene rings is 1. The van der Waals surface area contributed by atoms with Crippen LogP contribution in [0.15, 0.2) is 40.6 Å². The number of carbonyl (C=O) groups is 1. The molecule has 0 bridgehead atoms. The normalized spacial score (nSPS) is 22.3. The van der Waals surface area contributed by atoms with Crippen molar-refractivity contribution in [1.82, 2.24) is 14.3 Å². The molecule has 2 aromatic rings. The summed E-state index contributed by atoms with van der Waals surface area (Å²) in [5, 5.41) is 1.95. The fourth-order valence-electron chi connectivity index (χ4n) is 5.02. The molecule has 35 heavy (non-hydrogen) atoms. The van der Waals surface area contributed by atoms with E-state index >= 15 is 0 Å². The average molecular weight is 531 g/mol.